The predicted octanol–water partition coefficient (Wildman–Crippen LogP) is 3.30. The largest absolute Gasteiger partial charge is 1.00 e. The van der Waals surface area contributed by atoms with E-state index in [4.69, 9.17) is 4.74 Å². The van der Waals surface area contributed by atoms with E-state index in [9.17, 15) is 0 Å². The van der Waals surface area contributed by atoms with Gasteiger partial charge in [-0.25, -0.2) is 4.57 Å². The zero-order valence-electron chi connectivity index (χ0n) is 17.8. The predicted molar refractivity (Wildman–Crippen MR) is 114 cm³/mol. The normalized spacial score (nSPS) is 10.5. The molecule has 0 unspecified atom stereocenters. The van der Waals surface area contributed by atoms with Gasteiger partial charge in [-0.1, -0.05) is 57.7 Å². The van der Waals surface area contributed by atoms with E-state index in [-0.39, 0.29) is 17.0 Å². The van der Waals surface area contributed by atoms with Crippen molar-refractivity contribution in [2.24, 2.45) is 0 Å². The van der Waals surface area contributed by atoms with Gasteiger partial charge in [-0.3, -0.25) is 0 Å². The summed E-state index contributed by atoms with van der Waals surface area (Å²) in [5, 5.41) is 0. The number of ether oxygens (including phenoxy) is 1. The van der Waals surface area contributed by atoms with Gasteiger partial charge in [0.1, 0.15) is 12.3 Å². The van der Waals surface area contributed by atoms with Crippen molar-refractivity contribution in [3.8, 4) is 5.75 Å². The summed E-state index contributed by atoms with van der Waals surface area (Å²) in [4.78, 5) is 0. The topological polar surface area (TPSA) is 13.1 Å². The molecule has 2 aromatic rings. The molecular formula is C25H38BrNO. The summed E-state index contributed by atoms with van der Waals surface area (Å²) in [5.41, 5.74) is 2.89. The van der Waals surface area contributed by atoms with E-state index in [2.05, 4.69) is 67.2 Å². The summed E-state index contributed by atoms with van der Waals surface area (Å²) in [6.45, 7) is 6.40. The highest BCUT2D eigenvalue weighted by atomic mass is 79.9. The first-order chi connectivity index (χ1) is 13.3. The Balaban J connectivity index is 0.00000392. The lowest BCUT2D eigenvalue weighted by Gasteiger charge is -2.13. The molecule has 0 saturated heterocycles. The van der Waals surface area contributed by atoms with Gasteiger partial charge >= 0.3 is 0 Å². The molecule has 3 heteroatoms. The number of unbranched alkanes of at least 4 members (excludes halogenated alkanes) is 5. The van der Waals surface area contributed by atoms with Crippen LogP contribution in [0, 0.1) is 0 Å². The molecule has 0 N–H and O–H groups in total. The van der Waals surface area contributed by atoms with Gasteiger partial charge in [-0.05, 0) is 49.3 Å². The van der Waals surface area contributed by atoms with Gasteiger partial charge in [0, 0.05) is 18.6 Å². The van der Waals surface area contributed by atoms with Gasteiger partial charge in [0.05, 0.1) is 6.61 Å². The molecule has 1 aromatic carbocycles. The molecule has 156 valence electrons. The summed E-state index contributed by atoms with van der Waals surface area (Å²) in [5.74, 6) is 1.11. The SMILES string of the molecule is CCCCCc1ccc(OCCCC[n+]2ccccc2)c(CCCCC)c1.[Br-]. The first-order valence-electron chi connectivity index (χ1n) is 11.0. The monoisotopic (exact) mass is 447 g/mol. The Labute approximate surface area is 183 Å². The Morgan fingerprint density at radius 2 is 1.50 bits per heavy atom. The standard InChI is InChI=1S/C25H38NO.BrH/c1-3-5-8-14-23-16-17-25(24(22-23)15-9-6-4-2)27-21-13-12-20-26-18-10-7-11-19-26;/h7,10-11,16-19,22H,3-6,8-9,12-15,20-21H2,1-2H3;1H/q+1;/p-1. The fourth-order valence-electron chi connectivity index (χ4n) is 3.43. The first-order valence-corrected chi connectivity index (χ1v) is 11.0. The maximum absolute atomic E-state index is 6.18. The molecule has 0 bridgehead atoms. The summed E-state index contributed by atoms with van der Waals surface area (Å²) < 4.78 is 8.41. The van der Waals surface area contributed by atoms with Crippen molar-refractivity contribution < 1.29 is 26.3 Å². The highest BCUT2D eigenvalue weighted by Gasteiger charge is 2.07. The molecule has 0 spiro atoms. The third kappa shape index (κ3) is 9.73. The van der Waals surface area contributed by atoms with E-state index in [1.807, 2.05) is 0 Å². The Kier molecular flexibility index (Phi) is 13.7. The van der Waals surface area contributed by atoms with Crippen LogP contribution in [0.15, 0.2) is 48.8 Å². The maximum atomic E-state index is 6.18. The van der Waals surface area contributed by atoms with Crippen LogP contribution in [0.1, 0.15) is 76.3 Å². The zero-order valence-corrected chi connectivity index (χ0v) is 19.4. The van der Waals surface area contributed by atoms with Crippen molar-refractivity contribution in [3.05, 3.63) is 59.9 Å². The molecule has 0 atom stereocenters. The van der Waals surface area contributed by atoms with Crippen molar-refractivity contribution in [1.82, 2.24) is 0 Å². The van der Waals surface area contributed by atoms with E-state index in [0.717, 1.165) is 38.2 Å². The molecule has 0 aliphatic heterocycles. The lowest BCUT2D eigenvalue weighted by atomic mass is 10.00. The van der Waals surface area contributed by atoms with Crippen LogP contribution in [0.3, 0.4) is 0 Å². The van der Waals surface area contributed by atoms with Gasteiger partial charge < -0.3 is 21.7 Å². The van der Waals surface area contributed by atoms with Crippen LogP contribution in [-0.4, -0.2) is 6.61 Å². The van der Waals surface area contributed by atoms with Gasteiger partial charge in [-0.15, -0.1) is 0 Å². The highest BCUT2D eigenvalue weighted by molar-refractivity contribution is 5.37. The molecule has 28 heavy (non-hydrogen) atoms. The van der Waals surface area contributed by atoms with Crippen LogP contribution in [0.4, 0.5) is 0 Å². The molecule has 0 fully saturated rings. The molecule has 0 radical (unpaired) electrons. The molecule has 0 amide bonds. The summed E-state index contributed by atoms with van der Waals surface area (Å²) in [7, 11) is 0. The van der Waals surface area contributed by atoms with E-state index < -0.39 is 0 Å². The second-order valence-electron chi connectivity index (χ2n) is 7.53. The quantitative estimate of drug-likeness (QED) is 0.319. The van der Waals surface area contributed by atoms with E-state index in [1.54, 1.807) is 0 Å². The number of pyridine rings is 1. The number of halogens is 1. The Morgan fingerprint density at radius 3 is 2.21 bits per heavy atom. The van der Waals surface area contributed by atoms with Crippen LogP contribution >= 0.6 is 0 Å². The Bertz CT molecular complexity index is 630. The number of hydrogen-bond acceptors (Lipinski definition) is 1. The van der Waals surface area contributed by atoms with Crippen molar-refractivity contribution in [3.63, 3.8) is 0 Å². The van der Waals surface area contributed by atoms with Crippen molar-refractivity contribution >= 4 is 0 Å². The van der Waals surface area contributed by atoms with Gasteiger partial charge in [0.25, 0.3) is 0 Å². The van der Waals surface area contributed by atoms with Crippen LogP contribution < -0.4 is 26.3 Å². The second-order valence-corrected chi connectivity index (χ2v) is 7.53. The number of hydrogen-bond donors (Lipinski definition) is 0. The highest BCUT2D eigenvalue weighted by Crippen LogP contribution is 2.24. The third-order valence-electron chi connectivity index (χ3n) is 5.09. The summed E-state index contributed by atoms with van der Waals surface area (Å²) >= 11 is 0. The molecule has 2 nitrogen and oxygen atoms in total. The minimum atomic E-state index is 0. The third-order valence-corrected chi connectivity index (χ3v) is 5.09. The van der Waals surface area contributed by atoms with Crippen LogP contribution in [0.2, 0.25) is 0 Å². The fraction of sp³-hybridized carbons (Fsp3) is 0.560. The van der Waals surface area contributed by atoms with Gasteiger partial charge in [0.2, 0.25) is 0 Å². The first kappa shape index (κ1) is 24.7. The summed E-state index contributed by atoms with van der Waals surface area (Å²) in [6.07, 6.45) is 16.6. The smallest absolute Gasteiger partial charge is 0.168 e. The van der Waals surface area contributed by atoms with E-state index in [0.29, 0.717) is 0 Å². The van der Waals surface area contributed by atoms with Crippen LogP contribution in [0.25, 0.3) is 0 Å². The number of benzene rings is 1. The number of aromatic nitrogens is 1. The molecule has 1 heterocycles. The maximum Gasteiger partial charge on any atom is 0.168 e. The molecule has 1 aromatic heterocycles. The van der Waals surface area contributed by atoms with Crippen molar-refractivity contribution in [1.29, 1.82) is 0 Å². The minimum Gasteiger partial charge on any atom is -1.00 e. The zero-order chi connectivity index (χ0) is 19.2. The second kappa shape index (κ2) is 15.6. The molecule has 0 aliphatic rings. The number of aryl methyl sites for hydroxylation is 3. The average Bonchev–Trinajstić information content (AvgIpc) is 2.70. The average molecular weight is 448 g/mol. The molecule has 0 saturated carbocycles. The number of nitrogens with zero attached hydrogens (tertiary/aromatic N) is 1. The van der Waals surface area contributed by atoms with Crippen molar-refractivity contribution in [2.75, 3.05) is 6.61 Å². The Morgan fingerprint density at radius 1 is 0.786 bits per heavy atom. The lowest BCUT2D eigenvalue weighted by molar-refractivity contribution is -0.697. The van der Waals surface area contributed by atoms with E-state index in [1.165, 1.54) is 56.1 Å². The molecule has 2 rings (SSSR count). The lowest BCUT2D eigenvalue weighted by Crippen LogP contribution is -3.00. The van der Waals surface area contributed by atoms with E-state index >= 15 is 0 Å². The summed E-state index contributed by atoms with van der Waals surface area (Å²) in [6, 6.07) is 13.1. The van der Waals surface area contributed by atoms with Crippen LogP contribution in [-0.2, 0) is 19.4 Å². The minimum absolute atomic E-state index is 0. The fourth-order valence-corrected chi connectivity index (χ4v) is 3.43. The van der Waals surface area contributed by atoms with Crippen molar-refractivity contribution in [2.45, 2.75) is 84.6 Å². The Hall–Kier alpha value is -1.35. The van der Waals surface area contributed by atoms with Crippen LogP contribution in [0.5, 0.6) is 5.75 Å². The van der Waals surface area contributed by atoms with Gasteiger partial charge in [-0.2, -0.15) is 0 Å². The van der Waals surface area contributed by atoms with Gasteiger partial charge in [0.15, 0.2) is 12.4 Å². The molecular weight excluding hydrogens is 410 g/mol. The number of rotatable bonds is 14. The molecule has 0 aliphatic carbocycles.